The van der Waals surface area contributed by atoms with Crippen LogP contribution in [-0.2, 0) is 10.0 Å². The van der Waals surface area contributed by atoms with Crippen molar-refractivity contribution in [2.45, 2.75) is 38.1 Å². The molecule has 5 nitrogen and oxygen atoms in total. The van der Waals surface area contributed by atoms with Crippen molar-refractivity contribution in [3.63, 3.8) is 0 Å². The van der Waals surface area contributed by atoms with Crippen LogP contribution in [0, 0.1) is 5.21 Å². The Bertz CT molecular complexity index is 555. The summed E-state index contributed by atoms with van der Waals surface area (Å²) in [4.78, 5) is 0.194. The van der Waals surface area contributed by atoms with Gasteiger partial charge in [0.15, 0.2) is 11.8 Å². The van der Waals surface area contributed by atoms with Gasteiger partial charge in [-0.1, -0.05) is 6.92 Å². The average molecular weight is 284 g/mol. The zero-order valence-corrected chi connectivity index (χ0v) is 12.5. The molecule has 1 rings (SSSR count). The lowest BCUT2D eigenvalue weighted by Crippen LogP contribution is -2.29. The Labute approximate surface area is 114 Å². The summed E-state index contributed by atoms with van der Waals surface area (Å²) in [6.45, 7) is 7.48. The number of hydroxylamine groups is 1. The van der Waals surface area contributed by atoms with Gasteiger partial charge in [0.25, 0.3) is 0 Å². The van der Waals surface area contributed by atoms with E-state index in [1.807, 2.05) is 0 Å². The molecule has 6 heteroatoms. The second kappa shape index (κ2) is 5.71. The van der Waals surface area contributed by atoms with Crippen molar-refractivity contribution in [3.8, 4) is 0 Å². The van der Waals surface area contributed by atoms with E-state index in [-0.39, 0.29) is 4.90 Å². The molecule has 0 amide bonds. The summed E-state index contributed by atoms with van der Waals surface area (Å²) < 4.78 is 26.7. The molecule has 1 aromatic carbocycles. The zero-order valence-electron chi connectivity index (χ0n) is 11.7. The lowest BCUT2D eigenvalue weighted by Gasteiger charge is -2.18. The highest BCUT2D eigenvalue weighted by molar-refractivity contribution is 7.89. The maximum Gasteiger partial charge on any atom is 0.240 e. The smallest absolute Gasteiger partial charge is 0.240 e. The lowest BCUT2D eigenvalue weighted by atomic mass is 10.1. The van der Waals surface area contributed by atoms with Gasteiger partial charge in [-0.2, -0.15) is 0 Å². The van der Waals surface area contributed by atoms with Gasteiger partial charge < -0.3 is 5.21 Å². The Morgan fingerprint density at radius 3 is 2.21 bits per heavy atom. The lowest BCUT2D eigenvalue weighted by molar-refractivity contribution is -0.530. The Balaban J connectivity index is 3.02. The number of hydrogen-bond acceptors (Lipinski definition) is 3. The van der Waals surface area contributed by atoms with E-state index in [1.54, 1.807) is 39.8 Å². The van der Waals surface area contributed by atoms with E-state index in [0.717, 1.165) is 4.74 Å². The van der Waals surface area contributed by atoms with Gasteiger partial charge in [0.2, 0.25) is 10.0 Å². The number of nitrogens with zero attached hydrogens (tertiary/aromatic N) is 1. The number of rotatable bonds is 4. The van der Waals surface area contributed by atoms with Crippen LogP contribution in [0.2, 0.25) is 0 Å². The number of benzene rings is 1. The quantitative estimate of drug-likeness (QED) is 0.396. The summed E-state index contributed by atoms with van der Waals surface area (Å²) >= 11 is 0. The molecule has 1 N–H and O–H groups in total. The van der Waals surface area contributed by atoms with Gasteiger partial charge in [-0.25, -0.2) is 17.9 Å². The molecule has 0 aromatic heterocycles. The van der Waals surface area contributed by atoms with Gasteiger partial charge >= 0.3 is 0 Å². The van der Waals surface area contributed by atoms with Crippen LogP contribution in [-0.4, -0.2) is 31.5 Å². The van der Waals surface area contributed by atoms with E-state index < -0.39 is 15.6 Å². The van der Waals surface area contributed by atoms with Crippen molar-refractivity contribution in [3.05, 3.63) is 35.0 Å². The molecule has 19 heavy (non-hydrogen) atoms. The Morgan fingerprint density at radius 2 is 1.79 bits per heavy atom. The summed E-state index contributed by atoms with van der Waals surface area (Å²) in [5, 5.41) is 11.7. The van der Waals surface area contributed by atoms with Crippen molar-refractivity contribution in [2.75, 3.05) is 6.54 Å². The topological polar surface area (TPSA) is 72.2 Å². The summed E-state index contributed by atoms with van der Waals surface area (Å²) in [5.74, 6) is 0. The Hall–Kier alpha value is -1.40. The minimum absolute atomic E-state index is 0.194. The van der Waals surface area contributed by atoms with Crippen LogP contribution in [0.4, 0.5) is 0 Å². The van der Waals surface area contributed by atoms with Crippen molar-refractivity contribution in [1.82, 2.24) is 4.72 Å². The number of sulfonamides is 1. The van der Waals surface area contributed by atoms with Crippen molar-refractivity contribution in [2.24, 2.45) is 0 Å². The van der Waals surface area contributed by atoms with Crippen LogP contribution in [0.3, 0.4) is 0 Å². The SMILES string of the molecule is CCNS(=O)(=O)c1ccc(C=[N+]([O-])C(C)(C)C)cc1. The Kier molecular flexibility index (Phi) is 4.70. The van der Waals surface area contributed by atoms with Crippen LogP contribution in [0.1, 0.15) is 33.3 Å². The molecular formula is C13H20N2O3S. The van der Waals surface area contributed by atoms with Crippen LogP contribution < -0.4 is 4.72 Å². The molecule has 0 bridgehead atoms. The molecule has 106 valence electrons. The van der Waals surface area contributed by atoms with Gasteiger partial charge in [-0.3, -0.25) is 0 Å². The normalized spacial score (nSPS) is 13.6. The molecule has 0 heterocycles. The van der Waals surface area contributed by atoms with E-state index in [4.69, 9.17) is 0 Å². The van der Waals surface area contributed by atoms with Crippen LogP contribution in [0.5, 0.6) is 0 Å². The highest BCUT2D eigenvalue weighted by atomic mass is 32.2. The maximum atomic E-state index is 11.7. The highest BCUT2D eigenvalue weighted by Crippen LogP contribution is 2.11. The fourth-order valence-electron chi connectivity index (χ4n) is 1.34. The molecule has 0 fully saturated rings. The molecule has 0 aliphatic heterocycles. The van der Waals surface area contributed by atoms with Crippen molar-refractivity contribution in [1.29, 1.82) is 0 Å². The third kappa shape index (κ3) is 4.33. The first-order chi connectivity index (χ1) is 8.66. The molecule has 0 radical (unpaired) electrons. The molecule has 0 spiro atoms. The van der Waals surface area contributed by atoms with Crippen LogP contribution in [0.25, 0.3) is 0 Å². The van der Waals surface area contributed by atoms with E-state index in [9.17, 15) is 13.6 Å². The zero-order chi connectivity index (χ0) is 14.7. The molecule has 0 atom stereocenters. The summed E-state index contributed by atoms with van der Waals surface area (Å²) in [5.41, 5.74) is 0.148. The molecule has 0 saturated carbocycles. The second-order valence-electron chi connectivity index (χ2n) is 5.20. The van der Waals surface area contributed by atoms with Gasteiger partial charge in [-0.15, -0.1) is 0 Å². The summed E-state index contributed by atoms with van der Waals surface area (Å²) in [6.07, 6.45) is 1.45. The fraction of sp³-hybridized carbons (Fsp3) is 0.462. The first kappa shape index (κ1) is 15.7. The predicted molar refractivity (Wildman–Crippen MR) is 75.9 cm³/mol. The predicted octanol–water partition coefficient (Wildman–Crippen LogP) is 1.71. The van der Waals surface area contributed by atoms with E-state index in [1.165, 1.54) is 18.3 Å². The molecule has 0 unspecified atom stereocenters. The third-order valence-electron chi connectivity index (χ3n) is 2.45. The number of hydrogen-bond donors (Lipinski definition) is 1. The van der Waals surface area contributed by atoms with Gasteiger partial charge in [0, 0.05) is 32.9 Å². The highest BCUT2D eigenvalue weighted by Gasteiger charge is 2.18. The Morgan fingerprint density at radius 1 is 1.26 bits per heavy atom. The van der Waals surface area contributed by atoms with E-state index in [2.05, 4.69) is 4.72 Å². The van der Waals surface area contributed by atoms with Crippen LogP contribution >= 0.6 is 0 Å². The third-order valence-corrected chi connectivity index (χ3v) is 4.01. The monoisotopic (exact) mass is 284 g/mol. The maximum absolute atomic E-state index is 11.7. The summed E-state index contributed by atoms with van der Waals surface area (Å²) in [6, 6.07) is 6.20. The van der Waals surface area contributed by atoms with E-state index >= 15 is 0 Å². The van der Waals surface area contributed by atoms with Crippen molar-refractivity contribution < 1.29 is 13.2 Å². The molecule has 0 aliphatic carbocycles. The van der Waals surface area contributed by atoms with Gasteiger partial charge in [-0.05, 0) is 24.3 Å². The van der Waals surface area contributed by atoms with E-state index in [0.29, 0.717) is 12.1 Å². The average Bonchev–Trinajstić information content (AvgIpc) is 2.28. The van der Waals surface area contributed by atoms with Gasteiger partial charge in [0.05, 0.1) is 4.90 Å². The molecule has 1 aromatic rings. The first-order valence-corrected chi connectivity index (χ1v) is 7.56. The summed E-state index contributed by atoms with van der Waals surface area (Å²) in [7, 11) is -3.44. The minimum atomic E-state index is -3.44. The van der Waals surface area contributed by atoms with Gasteiger partial charge in [0.1, 0.15) is 0 Å². The fourth-order valence-corrected chi connectivity index (χ4v) is 2.38. The second-order valence-corrected chi connectivity index (χ2v) is 6.96. The first-order valence-electron chi connectivity index (χ1n) is 6.08. The molecular weight excluding hydrogens is 264 g/mol. The standard InChI is InChI=1S/C13H20N2O3S/c1-5-14-19(17,18)12-8-6-11(7-9-12)10-15(16)13(2,3)4/h6-10,14H,5H2,1-4H3. The van der Waals surface area contributed by atoms with Crippen molar-refractivity contribution >= 4 is 16.2 Å². The largest absolute Gasteiger partial charge is 0.623 e. The van der Waals surface area contributed by atoms with Crippen LogP contribution in [0.15, 0.2) is 29.2 Å². The molecule has 0 saturated heterocycles. The number of nitrogens with one attached hydrogen (secondary N) is 1. The minimum Gasteiger partial charge on any atom is -0.623 e. The molecule has 0 aliphatic rings.